The number of rotatable bonds is 6. The molecule has 6 heteroatoms. The minimum absolute atomic E-state index is 0.0239. The van der Waals surface area contributed by atoms with Gasteiger partial charge in [-0.3, -0.25) is 9.59 Å². The molecule has 3 N–H and O–H groups in total. The first kappa shape index (κ1) is 19.1. The van der Waals surface area contributed by atoms with Crippen molar-refractivity contribution in [3.8, 4) is 0 Å². The van der Waals surface area contributed by atoms with Crippen LogP contribution in [0.3, 0.4) is 0 Å². The van der Waals surface area contributed by atoms with Crippen LogP contribution in [0.4, 0.5) is 5.69 Å². The summed E-state index contributed by atoms with van der Waals surface area (Å²) in [5.74, 6) is -0.183. The molecule has 1 fully saturated rings. The van der Waals surface area contributed by atoms with E-state index in [1.54, 1.807) is 12.1 Å². The molecular weight excluding hydrogens is 342 g/mol. The second-order valence-corrected chi connectivity index (χ2v) is 6.66. The highest BCUT2D eigenvalue weighted by Crippen LogP contribution is 2.18. The van der Waals surface area contributed by atoms with Crippen LogP contribution in [0.2, 0.25) is 0 Å². The highest BCUT2D eigenvalue weighted by molar-refractivity contribution is 6.04. The van der Waals surface area contributed by atoms with Gasteiger partial charge >= 0.3 is 0 Å². The number of ether oxygens (including phenoxy) is 1. The number of anilines is 1. The Kier molecular flexibility index (Phi) is 6.57. The molecule has 1 saturated heterocycles. The average molecular weight is 367 g/mol. The van der Waals surface area contributed by atoms with Crippen molar-refractivity contribution in [1.29, 1.82) is 0 Å². The van der Waals surface area contributed by atoms with E-state index in [9.17, 15) is 9.59 Å². The van der Waals surface area contributed by atoms with Crippen molar-refractivity contribution < 1.29 is 14.3 Å². The summed E-state index contributed by atoms with van der Waals surface area (Å²) in [5.41, 5.74) is 2.23. The second-order valence-electron chi connectivity index (χ2n) is 6.66. The standard InChI is InChI=1S/C21H25N3O3/c1-15(23-20(25)13-19-14-27-11-10-22-19)17-8-5-9-18(12-17)24-21(26)16-6-3-2-4-7-16/h2-9,12,15,19,22H,10-11,13-14H2,1H3,(H,23,25)(H,24,26). The van der Waals surface area contributed by atoms with Crippen LogP contribution in [0.1, 0.15) is 35.3 Å². The molecule has 2 aromatic rings. The number of morpholine rings is 1. The van der Waals surface area contributed by atoms with Gasteiger partial charge in [-0.25, -0.2) is 0 Å². The normalized spacial score (nSPS) is 17.7. The van der Waals surface area contributed by atoms with Gasteiger partial charge in [0.25, 0.3) is 5.91 Å². The molecule has 0 aliphatic carbocycles. The molecule has 2 amide bonds. The van der Waals surface area contributed by atoms with Gasteiger partial charge in [-0.1, -0.05) is 30.3 Å². The van der Waals surface area contributed by atoms with Crippen LogP contribution >= 0.6 is 0 Å². The third-order valence-electron chi connectivity index (χ3n) is 4.49. The van der Waals surface area contributed by atoms with E-state index < -0.39 is 0 Å². The van der Waals surface area contributed by atoms with Crippen molar-refractivity contribution in [2.45, 2.75) is 25.4 Å². The number of benzene rings is 2. The molecular formula is C21H25N3O3. The van der Waals surface area contributed by atoms with Crippen LogP contribution in [0.5, 0.6) is 0 Å². The number of hydrogen-bond donors (Lipinski definition) is 3. The Bertz CT molecular complexity index is 773. The summed E-state index contributed by atoms with van der Waals surface area (Å²) in [6.07, 6.45) is 0.384. The largest absolute Gasteiger partial charge is 0.378 e. The van der Waals surface area contributed by atoms with Crippen molar-refractivity contribution in [3.63, 3.8) is 0 Å². The van der Waals surface area contributed by atoms with Gasteiger partial charge in [0.1, 0.15) is 0 Å². The van der Waals surface area contributed by atoms with Gasteiger partial charge in [-0.15, -0.1) is 0 Å². The van der Waals surface area contributed by atoms with E-state index in [1.807, 2.05) is 49.4 Å². The summed E-state index contributed by atoms with van der Waals surface area (Å²) in [6.45, 7) is 3.95. The fourth-order valence-corrected chi connectivity index (χ4v) is 3.04. The Hall–Kier alpha value is -2.70. The van der Waals surface area contributed by atoms with Gasteiger partial charge in [0, 0.05) is 30.3 Å². The summed E-state index contributed by atoms with van der Waals surface area (Å²) < 4.78 is 5.38. The Labute approximate surface area is 159 Å². The fourth-order valence-electron chi connectivity index (χ4n) is 3.04. The quantitative estimate of drug-likeness (QED) is 0.733. The Morgan fingerprint density at radius 1 is 1.19 bits per heavy atom. The third-order valence-corrected chi connectivity index (χ3v) is 4.49. The van der Waals surface area contributed by atoms with E-state index in [2.05, 4.69) is 16.0 Å². The molecule has 2 atom stereocenters. The molecule has 27 heavy (non-hydrogen) atoms. The maximum Gasteiger partial charge on any atom is 0.255 e. The molecule has 6 nitrogen and oxygen atoms in total. The lowest BCUT2D eigenvalue weighted by Gasteiger charge is -2.24. The van der Waals surface area contributed by atoms with E-state index in [0.29, 0.717) is 30.9 Å². The van der Waals surface area contributed by atoms with Crippen LogP contribution in [0.15, 0.2) is 54.6 Å². The molecule has 2 aromatic carbocycles. The molecule has 0 aromatic heterocycles. The maximum absolute atomic E-state index is 12.3. The zero-order chi connectivity index (χ0) is 19.1. The summed E-state index contributed by atoms with van der Waals surface area (Å²) >= 11 is 0. The lowest BCUT2D eigenvalue weighted by atomic mass is 10.1. The molecule has 3 rings (SSSR count). The molecule has 0 saturated carbocycles. The molecule has 0 radical (unpaired) electrons. The van der Waals surface area contributed by atoms with E-state index in [4.69, 9.17) is 4.74 Å². The monoisotopic (exact) mass is 367 g/mol. The summed E-state index contributed by atoms with van der Waals surface area (Å²) in [6, 6.07) is 16.5. The van der Waals surface area contributed by atoms with Crippen molar-refractivity contribution in [2.75, 3.05) is 25.1 Å². The summed E-state index contributed by atoms with van der Waals surface area (Å²) in [7, 11) is 0. The molecule has 1 aliphatic rings. The first-order valence-electron chi connectivity index (χ1n) is 9.18. The van der Waals surface area contributed by atoms with E-state index in [-0.39, 0.29) is 23.9 Å². The first-order chi connectivity index (χ1) is 13.1. The van der Waals surface area contributed by atoms with Crippen LogP contribution in [0.25, 0.3) is 0 Å². The predicted molar refractivity (Wildman–Crippen MR) is 105 cm³/mol. The third kappa shape index (κ3) is 5.64. The van der Waals surface area contributed by atoms with Crippen LogP contribution in [-0.4, -0.2) is 37.6 Å². The lowest BCUT2D eigenvalue weighted by Crippen LogP contribution is -2.44. The first-order valence-corrected chi connectivity index (χ1v) is 9.18. The van der Waals surface area contributed by atoms with E-state index >= 15 is 0 Å². The van der Waals surface area contributed by atoms with Crippen LogP contribution in [-0.2, 0) is 9.53 Å². The lowest BCUT2D eigenvalue weighted by molar-refractivity contribution is -0.122. The van der Waals surface area contributed by atoms with Gasteiger partial charge < -0.3 is 20.7 Å². The van der Waals surface area contributed by atoms with Crippen molar-refractivity contribution in [3.05, 3.63) is 65.7 Å². The molecule has 1 aliphatic heterocycles. The summed E-state index contributed by atoms with van der Waals surface area (Å²) in [4.78, 5) is 24.6. The molecule has 2 unspecified atom stereocenters. The second kappa shape index (κ2) is 9.30. The predicted octanol–water partition coefficient (Wildman–Crippen LogP) is 2.49. The SMILES string of the molecule is CC(NC(=O)CC1COCCN1)c1cccc(NC(=O)c2ccccc2)c1. The Balaban J connectivity index is 1.57. The van der Waals surface area contributed by atoms with Gasteiger partial charge in [0.05, 0.1) is 19.3 Å². The highest BCUT2D eigenvalue weighted by atomic mass is 16.5. The topological polar surface area (TPSA) is 79.5 Å². The molecule has 142 valence electrons. The molecule has 0 spiro atoms. The van der Waals surface area contributed by atoms with Gasteiger partial charge in [-0.2, -0.15) is 0 Å². The maximum atomic E-state index is 12.3. The number of carbonyl (C=O) groups excluding carboxylic acids is 2. The number of hydrogen-bond acceptors (Lipinski definition) is 4. The zero-order valence-electron chi connectivity index (χ0n) is 15.4. The summed E-state index contributed by atoms with van der Waals surface area (Å²) in [5, 5.41) is 9.18. The van der Waals surface area contributed by atoms with Gasteiger partial charge in [0.2, 0.25) is 5.91 Å². The van der Waals surface area contributed by atoms with Crippen molar-refractivity contribution in [1.82, 2.24) is 10.6 Å². The van der Waals surface area contributed by atoms with Crippen molar-refractivity contribution >= 4 is 17.5 Å². The van der Waals surface area contributed by atoms with Crippen LogP contribution in [0, 0.1) is 0 Å². The number of nitrogens with one attached hydrogen (secondary N) is 3. The zero-order valence-corrected chi connectivity index (χ0v) is 15.4. The minimum Gasteiger partial charge on any atom is -0.378 e. The van der Waals surface area contributed by atoms with Crippen LogP contribution < -0.4 is 16.0 Å². The average Bonchev–Trinajstić information content (AvgIpc) is 2.69. The highest BCUT2D eigenvalue weighted by Gasteiger charge is 2.18. The minimum atomic E-state index is -0.159. The number of amides is 2. The van der Waals surface area contributed by atoms with E-state index in [0.717, 1.165) is 12.1 Å². The van der Waals surface area contributed by atoms with E-state index in [1.165, 1.54) is 0 Å². The van der Waals surface area contributed by atoms with Crippen molar-refractivity contribution in [2.24, 2.45) is 0 Å². The molecule has 0 bridgehead atoms. The Morgan fingerprint density at radius 2 is 2.00 bits per heavy atom. The Morgan fingerprint density at radius 3 is 2.74 bits per heavy atom. The number of carbonyl (C=O) groups is 2. The fraction of sp³-hybridized carbons (Fsp3) is 0.333. The van der Waals surface area contributed by atoms with Gasteiger partial charge in [-0.05, 0) is 36.8 Å². The molecule has 1 heterocycles. The van der Waals surface area contributed by atoms with Gasteiger partial charge in [0.15, 0.2) is 0 Å². The smallest absolute Gasteiger partial charge is 0.255 e.